The molecule has 0 aliphatic heterocycles. The fraction of sp³-hybridized carbons (Fsp3) is 0.677. The summed E-state index contributed by atoms with van der Waals surface area (Å²) in [5.41, 5.74) is -2.95. The summed E-state index contributed by atoms with van der Waals surface area (Å²) in [6.45, 7) is 19.1. The van der Waals surface area contributed by atoms with E-state index >= 15 is 0 Å². The van der Waals surface area contributed by atoms with Gasteiger partial charge in [-0.25, -0.2) is 8.42 Å². The zero-order valence-corrected chi connectivity index (χ0v) is 29.3. The first-order chi connectivity index (χ1) is 19.0. The third-order valence-corrected chi connectivity index (χ3v) is 9.04. The Hall–Kier alpha value is 0.0735. The molecule has 250 valence electrons. The largest absolute Gasteiger partial charge is 2.00 e. The van der Waals surface area contributed by atoms with Gasteiger partial charge in [-0.05, 0) is 120 Å². The number of hydrogen-bond donors (Lipinski definition) is 1. The molecule has 42 heavy (non-hydrogen) atoms. The number of aliphatic hydroxyl groups is 1. The Morgan fingerprint density at radius 3 is 0.976 bits per heavy atom. The van der Waals surface area contributed by atoms with E-state index in [1.165, 1.54) is 58.3 Å². The van der Waals surface area contributed by atoms with E-state index in [0.29, 0.717) is 6.42 Å². The number of nitrogens with zero attached hydrogens (tertiary/aromatic N) is 1. The van der Waals surface area contributed by atoms with E-state index in [1.54, 1.807) is 6.07 Å². The van der Waals surface area contributed by atoms with Crippen molar-refractivity contribution in [2.24, 2.45) is 0 Å². The van der Waals surface area contributed by atoms with Gasteiger partial charge in [0.15, 0.2) is 10.1 Å². The molecule has 11 heteroatoms. The molecule has 1 N–H and O–H groups in total. The number of halogens is 3. The van der Waals surface area contributed by atoms with Gasteiger partial charge in [0.2, 0.25) is 0 Å². The summed E-state index contributed by atoms with van der Waals surface area (Å²) in [4.78, 5) is 0. The number of alkyl halides is 3. The summed E-state index contributed by atoms with van der Waals surface area (Å²) in [5.74, 6) is 0. The van der Waals surface area contributed by atoms with Gasteiger partial charge in [-0.2, -0.15) is 24.9 Å². The molecule has 0 aromatic rings. The SMILES string of the molecule is CC#N.CC(C)P(C(C)C)C(C)C.O=S(=O)([O-])C(F)(F)F.[CH2-]CCO.[CH]1[CH]CC[CH][CH]CC1.[CH]1[CH]CC[CH][CH]CC1.[Ni+2]. The number of rotatable bonds is 4. The van der Waals surface area contributed by atoms with Crippen LogP contribution in [-0.2, 0) is 26.6 Å². The third kappa shape index (κ3) is 42.2. The first kappa shape index (κ1) is 51.6. The van der Waals surface area contributed by atoms with Gasteiger partial charge in [0.05, 0.1) is 6.07 Å². The average molecular weight is 685 g/mol. The van der Waals surface area contributed by atoms with E-state index in [4.69, 9.17) is 23.3 Å². The van der Waals surface area contributed by atoms with Crippen LogP contribution < -0.4 is 0 Å². The Bertz CT molecular complexity index is 589. The van der Waals surface area contributed by atoms with Crippen molar-refractivity contribution in [3.8, 4) is 6.07 Å². The standard InChI is InChI=1S/C9H21P.2C8H12.C3H7O.C2H3N.CHF3O3S.Ni/c1-7(2)10(8(3)4)9(5)6;2*1-2-4-6-8-7-5-3-1;1-2-3-4;1-2-3;2-1(3,4)8(5,6)7;/h7-9H,1-6H3;2*1-2,7-8H,3-6H2;4H,1-3H2;1H3;(H,5,6,7);/q;;;-1;;;+2/p-1. The zero-order valence-electron chi connectivity index (χ0n) is 26.6. The van der Waals surface area contributed by atoms with Gasteiger partial charge < -0.3 is 16.6 Å². The fourth-order valence-corrected chi connectivity index (χ4v) is 7.08. The Kier molecular flexibility index (Phi) is 43.7. The zero-order chi connectivity index (χ0) is 32.7. The molecule has 0 saturated heterocycles. The van der Waals surface area contributed by atoms with Crippen LogP contribution in [0.25, 0.3) is 0 Å². The van der Waals surface area contributed by atoms with E-state index in [-0.39, 0.29) is 31.0 Å². The van der Waals surface area contributed by atoms with E-state index in [9.17, 15) is 13.2 Å². The van der Waals surface area contributed by atoms with Crippen molar-refractivity contribution < 1.29 is 47.7 Å². The molecule has 2 aliphatic carbocycles. The molecule has 0 bridgehead atoms. The van der Waals surface area contributed by atoms with Crippen LogP contribution in [-0.4, -0.2) is 47.2 Å². The molecule has 2 fully saturated rings. The molecule has 0 aromatic carbocycles. The molecule has 2 rings (SSSR count). The topological polar surface area (TPSA) is 101 Å². The minimum atomic E-state index is -6.09. The molecule has 2 aliphatic rings. The number of hydrogen-bond acceptors (Lipinski definition) is 5. The summed E-state index contributed by atoms with van der Waals surface area (Å²) in [7, 11) is -5.83. The summed E-state index contributed by atoms with van der Waals surface area (Å²) in [5, 5.41) is 15.1. The fourth-order valence-electron chi connectivity index (χ4n) is 3.50. The molecule has 0 spiro atoms. The van der Waals surface area contributed by atoms with Crippen molar-refractivity contribution >= 4 is 18.0 Å². The molecule has 8 radical (unpaired) electrons. The van der Waals surface area contributed by atoms with Crippen LogP contribution in [0.3, 0.4) is 0 Å². The summed E-state index contributed by atoms with van der Waals surface area (Å²) in [6.07, 6.45) is 28.6. The smallest absolute Gasteiger partial charge is 0.741 e. The van der Waals surface area contributed by atoms with Crippen LogP contribution in [0.15, 0.2) is 0 Å². The molecule has 0 aromatic heterocycles. The molecular formula is C31H55F3NNiO4PS. The van der Waals surface area contributed by atoms with Gasteiger partial charge in [-0.15, -0.1) is 0 Å². The Morgan fingerprint density at radius 1 is 0.786 bits per heavy atom. The normalized spacial score (nSPS) is 15.7. The van der Waals surface area contributed by atoms with Crippen LogP contribution >= 0.6 is 7.92 Å². The van der Waals surface area contributed by atoms with Crippen molar-refractivity contribution in [3.05, 3.63) is 58.3 Å². The van der Waals surface area contributed by atoms with Crippen LogP contribution in [0, 0.1) is 69.6 Å². The summed E-state index contributed by atoms with van der Waals surface area (Å²) in [6, 6.07) is 1.75. The molecule has 2 saturated carbocycles. The first-order valence-electron chi connectivity index (χ1n) is 14.1. The molecule has 0 atom stereocenters. The summed E-state index contributed by atoms with van der Waals surface area (Å²) >= 11 is 0. The monoisotopic (exact) mass is 683 g/mol. The maximum Gasteiger partial charge on any atom is 2.00 e. The predicted octanol–water partition coefficient (Wildman–Crippen LogP) is 9.23. The number of nitriles is 1. The van der Waals surface area contributed by atoms with Crippen molar-refractivity contribution in [3.63, 3.8) is 0 Å². The van der Waals surface area contributed by atoms with Gasteiger partial charge in [0.25, 0.3) is 0 Å². The van der Waals surface area contributed by atoms with Gasteiger partial charge in [0, 0.05) is 13.5 Å². The minimum absolute atomic E-state index is 0. The van der Waals surface area contributed by atoms with Crippen LogP contribution in [0.1, 0.15) is 106 Å². The van der Waals surface area contributed by atoms with Crippen molar-refractivity contribution in [1.82, 2.24) is 0 Å². The molecule has 0 amide bonds. The van der Waals surface area contributed by atoms with Gasteiger partial charge in [0.1, 0.15) is 0 Å². The maximum absolute atomic E-state index is 10.7. The van der Waals surface area contributed by atoms with Crippen molar-refractivity contribution in [2.45, 2.75) is 129 Å². The van der Waals surface area contributed by atoms with Gasteiger partial charge in [-0.3, -0.25) is 0 Å². The minimum Gasteiger partial charge on any atom is -0.741 e. The quantitative estimate of drug-likeness (QED) is 0.105. The molecular weight excluding hydrogens is 629 g/mol. The third-order valence-electron chi connectivity index (χ3n) is 4.90. The van der Waals surface area contributed by atoms with Crippen LogP contribution in [0.5, 0.6) is 0 Å². The van der Waals surface area contributed by atoms with E-state index in [1.807, 2.05) is 0 Å². The first-order valence-corrected chi connectivity index (χ1v) is 17.1. The van der Waals surface area contributed by atoms with Crippen molar-refractivity contribution in [1.29, 1.82) is 5.26 Å². The Morgan fingerprint density at radius 2 is 0.929 bits per heavy atom. The second-order valence-corrected chi connectivity index (χ2v) is 15.0. The molecule has 0 unspecified atom stereocenters. The van der Waals surface area contributed by atoms with Crippen LogP contribution in [0.2, 0.25) is 0 Å². The Labute approximate surface area is 270 Å². The van der Waals surface area contributed by atoms with E-state index in [0.717, 1.165) is 17.0 Å². The molecule has 5 nitrogen and oxygen atoms in total. The van der Waals surface area contributed by atoms with E-state index < -0.39 is 15.6 Å². The van der Waals surface area contributed by atoms with Crippen LogP contribution in [0.4, 0.5) is 13.2 Å². The number of aliphatic hydroxyl groups excluding tert-OH is 1. The predicted molar refractivity (Wildman–Crippen MR) is 168 cm³/mol. The average Bonchev–Trinajstić information content (AvgIpc) is 2.78. The van der Waals surface area contributed by atoms with E-state index in [2.05, 4.69) is 99.8 Å². The maximum atomic E-state index is 10.7. The van der Waals surface area contributed by atoms with Gasteiger partial charge >= 0.3 is 22.0 Å². The second kappa shape index (κ2) is 35.6. The second-order valence-electron chi connectivity index (χ2n) is 9.62. The van der Waals surface area contributed by atoms with Crippen molar-refractivity contribution in [2.75, 3.05) is 6.61 Å². The van der Waals surface area contributed by atoms with Gasteiger partial charge in [-0.1, -0.05) is 49.5 Å². The Balaban J connectivity index is -0.000000134. The molecule has 0 heterocycles. The summed E-state index contributed by atoms with van der Waals surface area (Å²) < 4.78 is 58.9.